The second-order valence-electron chi connectivity index (χ2n) is 5.76. The van der Waals surface area contributed by atoms with Crippen LogP contribution >= 0.6 is 23.4 Å². The molecular weight excluding hydrogens is 410 g/mol. The van der Waals surface area contributed by atoms with E-state index in [1.807, 2.05) is 0 Å². The van der Waals surface area contributed by atoms with Gasteiger partial charge >= 0.3 is 0 Å². The van der Waals surface area contributed by atoms with Crippen LogP contribution in [-0.4, -0.2) is 35.0 Å². The van der Waals surface area contributed by atoms with E-state index in [-0.39, 0.29) is 28.6 Å². The average molecular weight is 423 g/mol. The average Bonchev–Trinajstić information content (AvgIpc) is 2.92. The van der Waals surface area contributed by atoms with Gasteiger partial charge in [0.15, 0.2) is 0 Å². The van der Waals surface area contributed by atoms with Crippen molar-refractivity contribution in [3.63, 3.8) is 0 Å². The first-order valence-corrected chi connectivity index (χ1v) is 9.29. The fraction of sp³-hybridized carbons (Fsp3) is 0.105. The van der Waals surface area contributed by atoms with Gasteiger partial charge in [0, 0.05) is 18.1 Å². The van der Waals surface area contributed by atoms with E-state index < -0.39 is 28.7 Å². The van der Waals surface area contributed by atoms with E-state index in [0.29, 0.717) is 5.56 Å². The molecule has 5 nitrogen and oxygen atoms in total. The van der Waals surface area contributed by atoms with Crippen molar-refractivity contribution < 1.29 is 23.2 Å². The summed E-state index contributed by atoms with van der Waals surface area (Å²) in [5.41, 5.74) is 0.356. The zero-order valence-corrected chi connectivity index (χ0v) is 15.8. The molecule has 0 aromatic heterocycles. The van der Waals surface area contributed by atoms with Gasteiger partial charge in [-0.05, 0) is 53.7 Å². The number of nitrogens with zero attached hydrogens (tertiary/aromatic N) is 1. The Morgan fingerprint density at radius 3 is 2.57 bits per heavy atom. The molecule has 0 radical (unpaired) electrons. The number of carbonyl (C=O) groups is 3. The number of imide groups is 1. The van der Waals surface area contributed by atoms with Crippen molar-refractivity contribution in [1.82, 2.24) is 10.2 Å². The van der Waals surface area contributed by atoms with Gasteiger partial charge in [-0.3, -0.25) is 19.3 Å². The van der Waals surface area contributed by atoms with Gasteiger partial charge in [0.25, 0.3) is 17.1 Å². The van der Waals surface area contributed by atoms with Crippen LogP contribution in [0.4, 0.5) is 13.6 Å². The minimum atomic E-state index is -0.727. The Kier molecular flexibility index (Phi) is 6.11. The van der Waals surface area contributed by atoms with Gasteiger partial charge in [0.2, 0.25) is 0 Å². The van der Waals surface area contributed by atoms with Crippen molar-refractivity contribution in [2.24, 2.45) is 0 Å². The van der Waals surface area contributed by atoms with Gasteiger partial charge in [0.05, 0.1) is 10.5 Å². The largest absolute Gasteiger partial charge is 0.350 e. The molecule has 0 bridgehead atoms. The van der Waals surface area contributed by atoms with Gasteiger partial charge in [-0.1, -0.05) is 23.7 Å². The van der Waals surface area contributed by atoms with Crippen LogP contribution < -0.4 is 5.32 Å². The Labute approximate surface area is 168 Å². The standard InChI is InChI=1S/C19H13ClF2N2O3S/c20-12-3-6-15(22)14(10-12)17(25)23-7-8-24-18(26)16(28-19(24)27)9-11-1-4-13(21)5-2-11/h1-6,9-10H,7-8H2,(H,23,25)/b16-9-. The second kappa shape index (κ2) is 8.53. The van der Waals surface area contributed by atoms with Gasteiger partial charge in [-0.25, -0.2) is 8.78 Å². The summed E-state index contributed by atoms with van der Waals surface area (Å²) in [6.45, 7) is -0.119. The predicted molar refractivity (Wildman–Crippen MR) is 103 cm³/mol. The zero-order chi connectivity index (χ0) is 20.3. The third kappa shape index (κ3) is 4.58. The van der Waals surface area contributed by atoms with E-state index in [4.69, 9.17) is 11.6 Å². The molecule has 1 aliphatic rings. The second-order valence-corrected chi connectivity index (χ2v) is 7.19. The molecule has 1 saturated heterocycles. The lowest BCUT2D eigenvalue weighted by Crippen LogP contribution is -2.37. The molecule has 0 unspecified atom stereocenters. The maximum Gasteiger partial charge on any atom is 0.293 e. The fourth-order valence-corrected chi connectivity index (χ4v) is 3.49. The Morgan fingerprint density at radius 2 is 1.86 bits per heavy atom. The molecular formula is C19H13ClF2N2O3S. The van der Waals surface area contributed by atoms with E-state index in [1.54, 1.807) is 0 Å². The lowest BCUT2D eigenvalue weighted by molar-refractivity contribution is -0.122. The van der Waals surface area contributed by atoms with Crippen molar-refractivity contribution in [1.29, 1.82) is 0 Å². The van der Waals surface area contributed by atoms with Gasteiger partial charge in [-0.15, -0.1) is 0 Å². The molecule has 1 N–H and O–H groups in total. The molecule has 0 saturated carbocycles. The van der Waals surface area contributed by atoms with Crippen molar-refractivity contribution in [3.8, 4) is 0 Å². The van der Waals surface area contributed by atoms with Crippen LogP contribution in [-0.2, 0) is 4.79 Å². The van der Waals surface area contributed by atoms with Crippen molar-refractivity contribution in [2.75, 3.05) is 13.1 Å². The van der Waals surface area contributed by atoms with Crippen LogP contribution in [0.5, 0.6) is 0 Å². The highest BCUT2D eigenvalue weighted by Crippen LogP contribution is 2.31. The molecule has 1 fully saturated rings. The number of hydrogen-bond donors (Lipinski definition) is 1. The number of rotatable bonds is 5. The number of nitrogens with one attached hydrogen (secondary N) is 1. The minimum absolute atomic E-state index is 0.0490. The number of amides is 3. The SMILES string of the molecule is O=C(NCCN1C(=O)S/C(=C\c2ccc(F)cc2)C1=O)c1cc(Cl)ccc1F. The van der Waals surface area contributed by atoms with Crippen molar-refractivity contribution in [2.45, 2.75) is 0 Å². The first-order chi connectivity index (χ1) is 13.3. The molecule has 0 spiro atoms. The maximum atomic E-state index is 13.7. The summed E-state index contributed by atoms with van der Waals surface area (Å²) in [7, 11) is 0. The Balaban J connectivity index is 1.61. The highest BCUT2D eigenvalue weighted by Gasteiger charge is 2.34. The van der Waals surface area contributed by atoms with Crippen molar-refractivity contribution >= 4 is 46.5 Å². The van der Waals surface area contributed by atoms with Crippen LogP contribution in [0.3, 0.4) is 0 Å². The number of thioether (sulfide) groups is 1. The van der Waals surface area contributed by atoms with E-state index in [2.05, 4.69) is 5.32 Å². The van der Waals surface area contributed by atoms with Crippen LogP contribution in [0.1, 0.15) is 15.9 Å². The number of carbonyl (C=O) groups excluding carboxylic acids is 3. The van der Waals surface area contributed by atoms with E-state index in [0.717, 1.165) is 22.7 Å². The molecule has 2 aromatic carbocycles. The maximum absolute atomic E-state index is 13.7. The highest BCUT2D eigenvalue weighted by atomic mass is 35.5. The summed E-state index contributed by atoms with van der Waals surface area (Å²) in [5.74, 6) is -2.34. The topological polar surface area (TPSA) is 66.5 Å². The molecule has 2 aromatic rings. The quantitative estimate of drug-likeness (QED) is 0.737. The summed E-state index contributed by atoms with van der Waals surface area (Å²) in [5, 5.41) is 2.18. The number of benzene rings is 2. The first-order valence-electron chi connectivity index (χ1n) is 8.09. The molecule has 3 rings (SSSR count). The van der Waals surface area contributed by atoms with E-state index in [1.165, 1.54) is 42.5 Å². The fourth-order valence-electron chi connectivity index (χ4n) is 2.45. The summed E-state index contributed by atoms with van der Waals surface area (Å²) >= 11 is 6.51. The molecule has 1 aliphatic heterocycles. The third-order valence-electron chi connectivity index (χ3n) is 3.84. The Morgan fingerprint density at radius 1 is 1.14 bits per heavy atom. The molecule has 0 atom stereocenters. The van der Waals surface area contributed by atoms with Crippen LogP contribution in [0.2, 0.25) is 5.02 Å². The predicted octanol–water partition coefficient (Wildman–Crippen LogP) is 4.08. The monoisotopic (exact) mass is 422 g/mol. The first kappa shape index (κ1) is 20.0. The van der Waals surface area contributed by atoms with Gasteiger partial charge in [-0.2, -0.15) is 0 Å². The number of hydrogen-bond acceptors (Lipinski definition) is 4. The van der Waals surface area contributed by atoms with E-state index >= 15 is 0 Å². The minimum Gasteiger partial charge on any atom is -0.350 e. The molecule has 9 heteroatoms. The molecule has 0 aliphatic carbocycles. The Bertz CT molecular complexity index is 980. The highest BCUT2D eigenvalue weighted by molar-refractivity contribution is 8.18. The van der Waals surface area contributed by atoms with Gasteiger partial charge in [0.1, 0.15) is 11.6 Å². The lowest BCUT2D eigenvalue weighted by atomic mass is 10.2. The van der Waals surface area contributed by atoms with Crippen molar-refractivity contribution in [3.05, 3.63) is 75.2 Å². The van der Waals surface area contributed by atoms with E-state index in [9.17, 15) is 23.2 Å². The smallest absolute Gasteiger partial charge is 0.293 e. The third-order valence-corrected chi connectivity index (χ3v) is 4.98. The molecule has 1 heterocycles. The molecule has 3 amide bonds. The zero-order valence-electron chi connectivity index (χ0n) is 14.2. The van der Waals surface area contributed by atoms with Crippen LogP contribution in [0.25, 0.3) is 6.08 Å². The van der Waals surface area contributed by atoms with Gasteiger partial charge < -0.3 is 5.32 Å². The summed E-state index contributed by atoms with van der Waals surface area (Å²) < 4.78 is 26.6. The molecule has 144 valence electrons. The summed E-state index contributed by atoms with van der Waals surface area (Å²) in [6, 6.07) is 9.07. The number of halogens is 3. The lowest BCUT2D eigenvalue weighted by Gasteiger charge is -2.13. The Hall–Kier alpha value is -2.71. The normalized spacial score (nSPS) is 15.4. The molecule has 28 heavy (non-hydrogen) atoms. The summed E-state index contributed by atoms with van der Waals surface area (Å²) in [4.78, 5) is 37.7. The van der Waals surface area contributed by atoms with Crippen LogP contribution in [0.15, 0.2) is 47.4 Å². The summed E-state index contributed by atoms with van der Waals surface area (Å²) in [6.07, 6.45) is 1.49. The van der Waals surface area contributed by atoms with Crippen LogP contribution in [0, 0.1) is 11.6 Å².